The van der Waals surface area contributed by atoms with Gasteiger partial charge < -0.3 is 15.4 Å². The predicted octanol–water partition coefficient (Wildman–Crippen LogP) is 4.65. The number of hydrogen-bond acceptors (Lipinski definition) is 5. The van der Waals surface area contributed by atoms with Gasteiger partial charge in [-0.2, -0.15) is 0 Å². The van der Waals surface area contributed by atoms with Gasteiger partial charge in [-0.15, -0.1) is 0 Å². The van der Waals surface area contributed by atoms with E-state index in [0.29, 0.717) is 0 Å². The first-order valence-electron chi connectivity index (χ1n) is 7.95. The lowest BCUT2D eigenvalue weighted by molar-refractivity contribution is 0.414. The lowest BCUT2D eigenvalue weighted by Gasteiger charge is -2.10. The molecule has 0 saturated heterocycles. The molecule has 2 N–H and O–H groups in total. The lowest BCUT2D eigenvalue weighted by Crippen LogP contribution is -2.07. The van der Waals surface area contributed by atoms with Crippen molar-refractivity contribution >= 4 is 33.3 Å². The fourth-order valence-corrected chi connectivity index (χ4v) is 2.77. The number of methoxy groups -OCH3 is 1. The van der Waals surface area contributed by atoms with E-state index in [1.54, 1.807) is 13.4 Å². The summed E-state index contributed by atoms with van der Waals surface area (Å²) in [5.41, 5.74) is 2.18. The zero-order chi connectivity index (χ0) is 17.5. The maximum absolute atomic E-state index is 5.25. The minimum Gasteiger partial charge on any atom is -0.497 e. The Labute approximate surface area is 155 Å². The molecule has 0 aliphatic rings. The average molecular weight is 399 g/mol. The van der Waals surface area contributed by atoms with Crippen molar-refractivity contribution in [2.45, 2.75) is 6.42 Å². The first kappa shape index (κ1) is 17.2. The fraction of sp³-hybridized carbons (Fsp3) is 0.158. The number of halogens is 1. The van der Waals surface area contributed by atoms with E-state index in [1.165, 1.54) is 5.56 Å². The van der Waals surface area contributed by atoms with E-state index in [9.17, 15) is 0 Å². The Balaban J connectivity index is 1.59. The van der Waals surface area contributed by atoms with Gasteiger partial charge in [0.05, 0.1) is 12.8 Å². The number of hydrogen-bond donors (Lipinski definition) is 2. The topological polar surface area (TPSA) is 59.1 Å². The van der Waals surface area contributed by atoms with Crippen molar-refractivity contribution < 1.29 is 4.74 Å². The predicted molar refractivity (Wildman–Crippen MR) is 105 cm³/mol. The van der Waals surface area contributed by atoms with Crippen LogP contribution in [0, 0.1) is 0 Å². The molecule has 1 heterocycles. The summed E-state index contributed by atoms with van der Waals surface area (Å²) in [5, 5.41) is 6.61. The molecule has 0 radical (unpaired) electrons. The average Bonchev–Trinajstić information content (AvgIpc) is 2.64. The summed E-state index contributed by atoms with van der Waals surface area (Å²) in [6, 6.07) is 17.9. The van der Waals surface area contributed by atoms with Gasteiger partial charge in [0, 0.05) is 17.1 Å². The molecule has 6 heteroatoms. The van der Waals surface area contributed by atoms with Crippen molar-refractivity contribution in [3.8, 4) is 5.75 Å². The molecule has 2 aromatic carbocycles. The Morgan fingerprint density at radius 2 is 1.84 bits per heavy atom. The van der Waals surface area contributed by atoms with Crippen LogP contribution in [0.5, 0.6) is 5.75 Å². The van der Waals surface area contributed by atoms with E-state index < -0.39 is 0 Å². The summed E-state index contributed by atoms with van der Waals surface area (Å²) in [6.45, 7) is 0.776. The molecule has 0 aliphatic carbocycles. The van der Waals surface area contributed by atoms with Crippen LogP contribution in [-0.4, -0.2) is 23.6 Å². The molecule has 25 heavy (non-hydrogen) atoms. The maximum atomic E-state index is 5.25. The van der Waals surface area contributed by atoms with Crippen LogP contribution in [0.15, 0.2) is 65.4 Å². The van der Waals surface area contributed by atoms with Gasteiger partial charge in [-0.1, -0.05) is 24.3 Å². The van der Waals surface area contributed by atoms with Crippen LogP contribution >= 0.6 is 15.9 Å². The molecule has 5 nitrogen and oxygen atoms in total. The first-order valence-corrected chi connectivity index (χ1v) is 8.74. The minimum absolute atomic E-state index is 0.741. The van der Waals surface area contributed by atoms with Crippen molar-refractivity contribution in [3.05, 3.63) is 71.0 Å². The van der Waals surface area contributed by atoms with Crippen LogP contribution in [0.1, 0.15) is 5.56 Å². The molecule has 0 unspecified atom stereocenters. The molecular formula is C19H19BrN4O. The quantitative estimate of drug-likeness (QED) is 0.606. The molecule has 0 aliphatic heterocycles. The maximum Gasteiger partial charge on any atom is 0.135 e. The number of ether oxygens (including phenoxy) is 1. The first-order chi connectivity index (χ1) is 12.2. The molecule has 0 spiro atoms. The highest BCUT2D eigenvalue weighted by molar-refractivity contribution is 9.10. The Morgan fingerprint density at radius 1 is 1.00 bits per heavy atom. The van der Waals surface area contributed by atoms with Crippen molar-refractivity contribution in [3.63, 3.8) is 0 Å². The second kappa shape index (κ2) is 8.48. The van der Waals surface area contributed by atoms with Gasteiger partial charge in [0.25, 0.3) is 0 Å². The van der Waals surface area contributed by atoms with Crippen molar-refractivity contribution in [1.29, 1.82) is 0 Å². The van der Waals surface area contributed by atoms with Crippen LogP contribution in [0.2, 0.25) is 0 Å². The van der Waals surface area contributed by atoms with Crippen LogP contribution < -0.4 is 15.4 Å². The molecular weight excluding hydrogens is 380 g/mol. The molecule has 0 saturated carbocycles. The smallest absolute Gasteiger partial charge is 0.135 e. The zero-order valence-electron chi connectivity index (χ0n) is 13.9. The highest BCUT2D eigenvalue weighted by atomic mass is 79.9. The number of benzene rings is 2. The Bertz CT molecular complexity index is 841. The Kier molecular flexibility index (Phi) is 5.85. The van der Waals surface area contributed by atoms with Crippen molar-refractivity contribution in [2.75, 3.05) is 24.3 Å². The number of nitrogens with one attached hydrogen (secondary N) is 2. The number of rotatable bonds is 7. The third-order valence-corrected chi connectivity index (χ3v) is 4.35. The van der Waals surface area contributed by atoms with Crippen molar-refractivity contribution in [2.24, 2.45) is 0 Å². The third-order valence-electron chi connectivity index (χ3n) is 3.66. The standard InChI is InChI=1S/C19H19BrN4O/c1-25-15-6-4-5-14(11-15)9-10-21-18-12-19(23-13-22-18)24-17-8-3-2-7-16(17)20/h2-8,11-13H,9-10H2,1H3,(H2,21,22,23,24). The van der Waals surface area contributed by atoms with E-state index in [2.05, 4.69) is 42.6 Å². The molecule has 0 atom stereocenters. The molecule has 0 fully saturated rings. The van der Waals surface area contributed by atoms with Gasteiger partial charge in [0.15, 0.2) is 0 Å². The normalized spacial score (nSPS) is 10.3. The molecule has 0 bridgehead atoms. The van der Waals surface area contributed by atoms with E-state index >= 15 is 0 Å². The minimum atomic E-state index is 0.741. The number of anilines is 3. The van der Waals surface area contributed by atoms with E-state index in [1.807, 2.05) is 48.5 Å². The van der Waals surface area contributed by atoms with Gasteiger partial charge >= 0.3 is 0 Å². The highest BCUT2D eigenvalue weighted by Crippen LogP contribution is 2.24. The summed E-state index contributed by atoms with van der Waals surface area (Å²) in [6.07, 6.45) is 2.43. The second-order valence-corrected chi connectivity index (χ2v) is 6.28. The fourth-order valence-electron chi connectivity index (χ4n) is 2.39. The van der Waals surface area contributed by atoms with Crippen LogP contribution in [0.25, 0.3) is 0 Å². The lowest BCUT2D eigenvalue weighted by atomic mass is 10.1. The van der Waals surface area contributed by atoms with Crippen LogP contribution in [0.4, 0.5) is 17.3 Å². The van der Waals surface area contributed by atoms with Gasteiger partial charge in [-0.05, 0) is 52.2 Å². The van der Waals surface area contributed by atoms with Crippen LogP contribution in [-0.2, 0) is 6.42 Å². The summed E-state index contributed by atoms with van der Waals surface area (Å²) >= 11 is 3.52. The van der Waals surface area contributed by atoms with Gasteiger partial charge in [-0.3, -0.25) is 0 Å². The SMILES string of the molecule is COc1cccc(CCNc2cc(Nc3ccccc3Br)ncn2)c1. The van der Waals surface area contributed by atoms with Gasteiger partial charge in [-0.25, -0.2) is 9.97 Å². The highest BCUT2D eigenvalue weighted by Gasteiger charge is 2.03. The zero-order valence-corrected chi connectivity index (χ0v) is 15.5. The third kappa shape index (κ3) is 4.93. The second-order valence-electron chi connectivity index (χ2n) is 5.42. The van der Waals surface area contributed by atoms with Crippen LogP contribution in [0.3, 0.4) is 0 Å². The molecule has 1 aromatic heterocycles. The molecule has 3 aromatic rings. The summed E-state index contributed by atoms with van der Waals surface area (Å²) in [4.78, 5) is 8.53. The summed E-state index contributed by atoms with van der Waals surface area (Å²) in [7, 11) is 1.68. The number of nitrogens with zero attached hydrogens (tertiary/aromatic N) is 2. The summed E-state index contributed by atoms with van der Waals surface area (Å²) < 4.78 is 6.24. The number of aromatic nitrogens is 2. The van der Waals surface area contributed by atoms with Gasteiger partial charge in [0.1, 0.15) is 23.7 Å². The largest absolute Gasteiger partial charge is 0.497 e. The van der Waals surface area contributed by atoms with Gasteiger partial charge in [0.2, 0.25) is 0 Å². The van der Waals surface area contributed by atoms with E-state index in [-0.39, 0.29) is 0 Å². The molecule has 0 amide bonds. The number of para-hydroxylation sites is 1. The Morgan fingerprint density at radius 3 is 2.68 bits per heavy atom. The Hall–Kier alpha value is -2.60. The van der Waals surface area contributed by atoms with Crippen molar-refractivity contribution in [1.82, 2.24) is 9.97 Å². The van der Waals surface area contributed by atoms with E-state index in [0.717, 1.165) is 40.5 Å². The molecule has 128 valence electrons. The summed E-state index contributed by atoms with van der Waals surface area (Å²) in [5.74, 6) is 2.40. The van der Waals surface area contributed by atoms with E-state index in [4.69, 9.17) is 4.74 Å². The monoisotopic (exact) mass is 398 g/mol. The molecule has 3 rings (SSSR count).